The van der Waals surface area contributed by atoms with Crippen molar-refractivity contribution in [3.63, 3.8) is 0 Å². The number of hydrogen-bond donors (Lipinski definition) is 0. The van der Waals surface area contributed by atoms with E-state index in [1.54, 1.807) is 0 Å². The lowest BCUT2D eigenvalue weighted by molar-refractivity contribution is -0.167. The Labute approximate surface area is 406 Å². The first-order valence-corrected chi connectivity index (χ1v) is 29.2. The lowest BCUT2D eigenvalue weighted by Crippen LogP contribution is -2.30. The average Bonchev–Trinajstić information content (AvgIpc) is 3.28. The van der Waals surface area contributed by atoms with E-state index in [-0.39, 0.29) is 31.1 Å². The Morgan fingerprint density at radius 2 is 0.508 bits per heavy atom. The van der Waals surface area contributed by atoms with Gasteiger partial charge >= 0.3 is 17.9 Å². The molecule has 0 N–H and O–H groups in total. The molecule has 0 aliphatic carbocycles. The molecule has 0 radical (unpaired) electrons. The third kappa shape index (κ3) is 53.2. The van der Waals surface area contributed by atoms with Crippen molar-refractivity contribution in [2.75, 3.05) is 13.2 Å². The van der Waals surface area contributed by atoms with Gasteiger partial charge in [0.2, 0.25) is 0 Å². The van der Waals surface area contributed by atoms with Crippen LogP contribution in [0.15, 0.2) is 0 Å². The van der Waals surface area contributed by atoms with Crippen LogP contribution in [0, 0.1) is 11.8 Å². The second kappa shape index (κ2) is 51.8. The summed E-state index contributed by atoms with van der Waals surface area (Å²) in [6.45, 7) is 11.4. The van der Waals surface area contributed by atoms with Gasteiger partial charge in [-0.2, -0.15) is 0 Å². The number of unbranched alkanes of at least 4 members (excludes halogenated alkanes) is 38. The maximum absolute atomic E-state index is 12.8. The molecule has 0 saturated heterocycles. The van der Waals surface area contributed by atoms with Crippen LogP contribution in [0.25, 0.3) is 0 Å². The van der Waals surface area contributed by atoms with Gasteiger partial charge in [-0.05, 0) is 31.1 Å². The summed E-state index contributed by atoms with van der Waals surface area (Å²) in [7, 11) is 0. The molecular weight excluding hydrogens is 805 g/mol. The molecule has 0 fully saturated rings. The minimum absolute atomic E-state index is 0.0629. The third-order valence-electron chi connectivity index (χ3n) is 13.5. The van der Waals surface area contributed by atoms with Crippen LogP contribution in [-0.2, 0) is 28.6 Å². The third-order valence-corrected chi connectivity index (χ3v) is 13.5. The van der Waals surface area contributed by atoms with E-state index in [0.717, 1.165) is 69.6 Å². The van der Waals surface area contributed by atoms with Gasteiger partial charge in [0.05, 0.1) is 0 Å². The molecule has 6 nitrogen and oxygen atoms in total. The van der Waals surface area contributed by atoms with Crippen LogP contribution in [0.2, 0.25) is 0 Å². The quantitative estimate of drug-likeness (QED) is 0.0344. The monoisotopic (exact) mass is 919 g/mol. The fourth-order valence-electron chi connectivity index (χ4n) is 9.05. The summed E-state index contributed by atoms with van der Waals surface area (Å²) in [5.74, 6) is 0.810. The zero-order valence-electron chi connectivity index (χ0n) is 44.6. The van der Waals surface area contributed by atoms with Gasteiger partial charge in [-0.15, -0.1) is 0 Å². The standard InChI is InChI=1S/C59H114O6/c1-6-7-8-9-10-11-12-13-14-15-16-17-18-19-23-29-34-39-44-49-57(60)63-52-56(65-59(62)51-46-41-36-31-26-25-28-33-38-43-48-55(4)5)53-64-58(61)50-45-40-35-30-24-21-20-22-27-32-37-42-47-54(2)3/h54-56H,6-53H2,1-5H3/t56-/m1/s1. The molecule has 0 bridgehead atoms. The predicted molar refractivity (Wildman–Crippen MR) is 280 cm³/mol. The number of rotatable bonds is 53. The molecule has 65 heavy (non-hydrogen) atoms. The summed E-state index contributed by atoms with van der Waals surface area (Å²) in [4.78, 5) is 38.1. The van der Waals surface area contributed by atoms with E-state index in [1.807, 2.05) is 0 Å². The lowest BCUT2D eigenvalue weighted by Gasteiger charge is -2.18. The molecule has 1 atom stereocenters. The Balaban J connectivity index is 4.27. The van der Waals surface area contributed by atoms with Gasteiger partial charge in [-0.1, -0.05) is 291 Å². The van der Waals surface area contributed by atoms with Crippen molar-refractivity contribution < 1.29 is 28.6 Å². The Bertz CT molecular complexity index is 993. The molecule has 0 unspecified atom stereocenters. The minimum atomic E-state index is -0.763. The van der Waals surface area contributed by atoms with Gasteiger partial charge in [0.25, 0.3) is 0 Å². The molecule has 0 rings (SSSR count). The molecule has 0 aliphatic rings. The van der Waals surface area contributed by atoms with Gasteiger partial charge < -0.3 is 14.2 Å². The normalized spacial score (nSPS) is 12.0. The summed E-state index contributed by atoms with van der Waals surface area (Å²) in [6, 6.07) is 0. The molecule has 0 amide bonds. The fraction of sp³-hybridized carbons (Fsp3) is 0.949. The minimum Gasteiger partial charge on any atom is -0.462 e. The summed E-state index contributed by atoms with van der Waals surface area (Å²) < 4.78 is 16.9. The van der Waals surface area contributed by atoms with Crippen LogP contribution >= 0.6 is 0 Å². The zero-order valence-corrected chi connectivity index (χ0v) is 44.6. The first kappa shape index (κ1) is 63.4. The SMILES string of the molecule is CCCCCCCCCCCCCCCCCCCCCC(=O)OC[C@H](COC(=O)CCCCCCCCCCCCCCC(C)C)OC(=O)CCCCCCCCCCCCC(C)C. The molecule has 0 spiro atoms. The largest absolute Gasteiger partial charge is 0.462 e. The fourth-order valence-corrected chi connectivity index (χ4v) is 9.05. The molecule has 386 valence electrons. The maximum Gasteiger partial charge on any atom is 0.306 e. The molecule has 6 heteroatoms. The number of hydrogen-bond acceptors (Lipinski definition) is 6. The molecular formula is C59H114O6. The Hall–Kier alpha value is -1.59. The molecule has 0 aromatic heterocycles. The van der Waals surface area contributed by atoms with E-state index in [0.29, 0.717) is 19.3 Å². The number of carbonyl (C=O) groups is 3. The smallest absolute Gasteiger partial charge is 0.306 e. The van der Waals surface area contributed by atoms with E-state index in [2.05, 4.69) is 34.6 Å². The molecule has 0 aromatic rings. The summed E-state index contributed by atoms with van der Waals surface area (Å²) in [5.41, 5.74) is 0. The van der Waals surface area contributed by atoms with Crippen LogP contribution in [0.1, 0.15) is 330 Å². The lowest BCUT2D eigenvalue weighted by atomic mass is 10.0. The second-order valence-corrected chi connectivity index (χ2v) is 21.2. The Kier molecular flexibility index (Phi) is 50.5. The van der Waals surface area contributed by atoms with Gasteiger partial charge in [0, 0.05) is 19.3 Å². The summed E-state index contributed by atoms with van der Waals surface area (Å²) in [5, 5.41) is 0. The van der Waals surface area contributed by atoms with Crippen molar-refractivity contribution in [3.05, 3.63) is 0 Å². The van der Waals surface area contributed by atoms with E-state index in [9.17, 15) is 14.4 Å². The van der Waals surface area contributed by atoms with Crippen molar-refractivity contribution in [1.29, 1.82) is 0 Å². The van der Waals surface area contributed by atoms with Crippen LogP contribution in [0.5, 0.6) is 0 Å². The number of carbonyl (C=O) groups excluding carboxylic acids is 3. The Morgan fingerprint density at radius 3 is 0.754 bits per heavy atom. The van der Waals surface area contributed by atoms with Gasteiger partial charge in [-0.25, -0.2) is 0 Å². The van der Waals surface area contributed by atoms with Crippen molar-refractivity contribution in [2.24, 2.45) is 11.8 Å². The first-order chi connectivity index (χ1) is 31.7. The molecule has 0 aromatic carbocycles. The van der Waals surface area contributed by atoms with Crippen molar-refractivity contribution in [1.82, 2.24) is 0 Å². The number of ether oxygens (including phenoxy) is 3. The van der Waals surface area contributed by atoms with Crippen LogP contribution in [0.3, 0.4) is 0 Å². The zero-order chi connectivity index (χ0) is 47.5. The van der Waals surface area contributed by atoms with Gasteiger partial charge in [0.15, 0.2) is 6.10 Å². The van der Waals surface area contributed by atoms with Gasteiger partial charge in [0.1, 0.15) is 13.2 Å². The van der Waals surface area contributed by atoms with Crippen molar-refractivity contribution >= 4 is 17.9 Å². The summed E-state index contributed by atoms with van der Waals surface area (Å²) in [6.07, 6.45) is 55.3. The van der Waals surface area contributed by atoms with Crippen LogP contribution < -0.4 is 0 Å². The van der Waals surface area contributed by atoms with Crippen molar-refractivity contribution in [2.45, 2.75) is 336 Å². The first-order valence-electron chi connectivity index (χ1n) is 29.2. The highest BCUT2D eigenvalue weighted by Gasteiger charge is 2.19. The Morgan fingerprint density at radius 1 is 0.292 bits per heavy atom. The van der Waals surface area contributed by atoms with Gasteiger partial charge in [-0.3, -0.25) is 14.4 Å². The molecule has 0 aliphatic heterocycles. The number of esters is 3. The highest BCUT2D eigenvalue weighted by molar-refractivity contribution is 5.71. The molecule has 0 saturated carbocycles. The summed E-state index contributed by atoms with van der Waals surface area (Å²) >= 11 is 0. The van der Waals surface area contributed by atoms with E-state index in [4.69, 9.17) is 14.2 Å². The predicted octanol–water partition coefficient (Wildman–Crippen LogP) is 19.3. The van der Waals surface area contributed by atoms with Crippen LogP contribution in [0.4, 0.5) is 0 Å². The highest BCUT2D eigenvalue weighted by Crippen LogP contribution is 2.18. The average molecular weight is 920 g/mol. The second-order valence-electron chi connectivity index (χ2n) is 21.2. The van der Waals surface area contributed by atoms with E-state index < -0.39 is 6.10 Å². The van der Waals surface area contributed by atoms with E-state index in [1.165, 1.54) is 218 Å². The maximum atomic E-state index is 12.8. The van der Waals surface area contributed by atoms with Crippen molar-refractivity contribution in [3.8, 4) is 0 Å². The topological polar surface area (TPSA) is 78.9 Å². The molecule has 0 heterocycles. The highest BCUT2D eigenvalue weighted by atomic mass is 16.6. The van der Waals surface area contributed by atoms with E-state index >= 15 is 0 Å². The van der Waals surface area contributed by atoms with Crippen LogP contribution in [-0.4, -0.2) is 37.2 Å².